The van der Waals surface area contributed by atoms with Crippen molar-refractivity contribution in [3.63, 3.8) is 0 Å². The summed E-state index contributed by atoms with van der Waals surface area (Å²) in [5.41, 5.74) is 2.40. The lowest BCUT2D eigenvalue weighted by molar-refractivity contribution is 1.55. The molecule has 5 aromatic carbocycles. The Kier molecular flexibility index (Phi) is 2.40. The quantitative estimate of drug-likeness (QED) is 0.297. The molecule has 0 radical (unpaired) electrons. The third kappa shape index (κ3) is 1.67. The van der Waals surface area contributed by atoms with E-state index in [0.717, 1.165) is 0 Å². The number of aromatic amines is 1. The van der Waals surface area contributed by atoms with Gasteiger partial charge in [0, 0.05) is 21.8 Å². The fourth-order valence-corrected chi connectivity index (χ4v) is 4.26. The normalized spacial score (nSPS) is 12.0. The summed E-state index contributed by atoms with van der Waals surface area (Å²) in [5, 5.41) is 10.5. The fourth-order valence-electron chi connectivity index (χ4n) is 4.26. The van der Waals surface area contributed by atoms with Gasteiger partial charge in [-0.05, 0) is 44.5 Å². The number of hydrogen-bond acceptors (Lipinski definition) is 0. The van der Waals surface area contributed by atoms with Crippen molar-refractivity contribution in [3.05, 3.63) is 84.9 Å². The third-order valence-electron chi connectivity index (χ3n) is 5.37. The van der Waals surface area contributed by atoms with Crippen molar-refractivity contribution in [1.82, 2.24) is 4.98 Å². The third-order valence-corrected chi connectivity index (χ3v) is 5.37. The molecule has 1 N–H and O–H groups in total. The van der Waals surface area contributed by atoms with E-state index in [4.69, 9.17) is 0 Å². The maximum absolute atomic E-state index is 3.56. The van der Waals surface area contributed by atoms with E-state index in [-0.39, 0.29) is 0 Å². The van der Waals surface area contributed by atoms with Crippen LogP contribution in [0, 0.1) is 0 Å². The Morgan fingerprint density at radius 2 is 1.08 bits per heavy atom. The number of rotatable bonds is 0. The van der Waals surface area contributed by atoms with Crippen LogP contribution < -0.4 is 0 Å². The minimum Gasteiger partial charge on any atom is -0.354 e. The monoisotopic (exact) mass is 317 g/mol. The molecule has 0 aliphatic heterocycles. The van der Waals surface area contributed by atoms with Crippen LogP contribution in [-0.2, 0) is 0 Å². The fraction of sp³-hybridized carbons (Fsp3) is 0. The minimum atomic E-state index is 1.20. The van der Waals surface area contributed by atoms with E-state index in [1.807, 2.05) is 0 Å². The summed E-state index contributed by atoms with van der Waals surface area (Å²) < 4.78 is 0. The predicted molar refractivity (Wildman–Crippen MR) is 108 cm³/mol. The van der Waals surface area contributed by atoms with Gasteiger partial charge in [0.25, 0.3) is 0 Å². The smallest absolute Gasteiger partial charge is 0.0471 e. The second-order valence-corrected chi connectivity index (χ2v) is 6.70. The van der Waals surface area contributed by atoms with E-state index < -0.39 is 0 Å². The first-order chi connectivity index (χ1) is 12.4. The number of benzene rings is 5. The van der Waals surface area contributed by atoms with Gasteiger partial charge in [-0.3, -0.25) is 0 Å². The van der Waals surface area contributed by atoms with Crippen LogP contribution in [0.2, 0.25) is 0 Å². The van der Waals surface area contributed by atoms with Gasteiger partial charge in [0.1, 0.15) is 0 Å². The summed E-state index contributed by atoms with van der Waals surface area (Å²) in [6.07, 6.45) is 0. The Balaban J connectivity index is 1.94. The van der Waals surface area contributed by atoms with Gasteiger partial charge in [-0.15, -0.1) is 0 Å². The zero-order chi connectivity index (χ0) is 16.4. The highest BCUT2D eigenvalue weighted by molar-refractivity contribution is 6.28. The SMILES string of the molecule is c1ccc2c(c1)ccc1ccc3c(ccc4[nH]c5ccccc5c43)c12. The summed E-state index contributed by atoms with van der Waals surface area (Å²) in [5.74, 6) is 0. The Morgan fingerprint density at radius 3 is 2.04 bits per heavy atom. The molecular formula is C24H15N. The predicted octanol–water partition coefficient (Wildman–Crippen LogP) is 6.78. The molecule has 1 nitrogen and oxygen atoms in total. The molecule has 0 aliphatic carbocycles. The van der Waals surface area contributed by atoms with Crippen molar-refractivity contribution in [2.75, 3.05) is 0 Å². The number of aromatic nitrogens is 1. The van der Waals surface area contributed by atoms with Gasteiger partial charge in [0.05, 0.1) is 0 Å². The number of H-pyrrole nitrogens is 1. The van der Waals surface area contributed by atoms with Crippen LogP contribution in [0.3, 0.4) is 0 Å². The van der Waals surface area contributed by atoms with Crippen molar-refractivity contribution < 1.29 is 0 Å². The molecule has 0 unspecified atom stereocenters. The van der Waals surface area contributed by atoms with Crippen LogP contribution in [0.1, 0.15) is 0 Å². The van der Waals surface area contributed by atoms with Gasteiger partial charge in [0.2, 0.25) is 0 Å². The topological polar surface area (TPSA) is 15.8 Å². The van der Waals surface area contributed by atoms with E-state index in [2.05, 4.69) is 89.9 Å². The van der Waals surface area contributed by atoms with E-state index in [0.29, 0.717) is 0 Å². The highest BCUT2D eigenvalue weighted by Gasteiger charge is 2.11. The summed E-state index contributed by atoms with van der Waals surface area (Å²) in [6, 6.07) is 30.7. The average molecular weight is 317 g/mol. The molecular weight excluding hydrogens is 302 g/mol. The molecule has 6 rings (SSSR count). The Hall–Kier alpha value is -3.32. The number of hydrogen-bond donors (Lipinski definition) is 1. The van der Waals surface area contributed by atoms with Gasteiger partial charge in [-0.25, -0.2) is 0 Å². The largest absolute Gasteiger partial charge is 0.354 e. The highest BCUT2D eigenvalue weighted by Crippen LogP contribution is 2.37. The van der Waals surface area contributed by atoms with Gasteiger partial charge in [0.15, 0.2) is 0 Å². The maximum Gasteiger partial charge on any atom is 0.0471 e. The van der Waals surface area contributed by atoms with Crippen molar-refractivity contribution in [3.8, 4) is 0 Å². The first-order valence-corrected chi connectivity index (χ1v) is 8.64. The van der Waals surface area contributed by atoms with Crippen molar-refractivity contribution in [2.24, 2.45) is 0 Å². The van der Waals surface area contributed by atoms with Gasteiger partial charge in [-0.2, -0.15) is 0 Å². The van der Waals surface area contributed by atoms with E-state index in [1.165, 1.54) is 54.1 Å². The van der Waals surface area contributed by atoms with E-state index in [9.17, 15) is 0 Å². The zero-order valence-corrected chi connectivity index (χ0v) is 13.6. The van der Waals surface area contributed by atoms with Gasteiger partial charge >= 0.3 is 0 Å². The lowest BCUT2D eigenvalue weighted by Gasteiger charge is -2.09. The second-order valence-electron chi connectivity index (χ2n) is 6.70. The summed E-state index contributed by atoms with van der Waals surface area (Å²) in [4.78, 5) is 3.56. The molecule has 0 fully saturated rings. The highest BCUT2D eigenvalue weighted by atomic mass is 14.7. The Bertz CT molecular complexity index is 1440. The summed E-state index contributed by atoms with van der Waals surface area (Å²) in [7, 11) is 0. The van der Waals surface area contributed by atoms with Crippen LogP contribution in [0.25, 0.3) is 54.1 Å². The summed E-state index contributed by atoms with van der Waals surface area (Å²) in [6.45, 7) is 0. The van der Waals surface area contributed by atoms with Crippen LogP contribution >= 0.6 is 0 Å². The molecule has 0 atom stereocenters. The number of para-hydroxylation sites is 1. The van der Waals surface area contributed by atoms with Gasteiger partial charge in [-0.1, -0.05) is 72.8 Å². The standard InChI is InChI=1S/C24H15N/c1-2-6-17-15(5-1)9-10-16-11-12-19-18(23(16)17)13-14-22-24(19)20-7-3-4-8-21(20)25-22/h1-14,25H. The van der Waals surface area contributed by atoms with Crippen molar-refractivity contribution in [1.29, 1.82) is 0 Å². The Labute approximate surface area is 144 Å². The lowest BCUT2D eigenvalue weighted by Crippen LogP contribution is -1.82. The molecule has 116 valence electrons. The molecule has 1 aromatic heterocycles. The van der Waals surface area contributed by atoms with Crippen LogP contribution in [-0.4, -0.2) is 4.98 Å². The molecule has 0 spiro atoms. The molecule has 25 heavy (non-hydrogen) atoms. The maximum atomic E-state index is 3.56. The first kappa shape index (κ1) is 13.0. The molecule has 0 bridgehead atoms. The van der Waals surface area contributed by atoms with Crippen LogP contribution in [0.15, 0.2) is 84.9 Å². The second kappa shape index (κ2) is 4.61. The average Bonchev–Trinajstić information content (AvgIpc) is 3.06. The molecule has 0 aliphatic rings. The van der Waals surface area contributed by atoms with E-state index >= 15 is 0 Å². The molecule has 0 amide bonds. The first-order valence-electron chi connectivity index (χ1n) is 8.64. The zero-order valence-electron chi connectivity index (χ0n) is 13.6. The van der Waals surface area contributed by atoms with Crippen molar-refractivity contribution in [2.45, 2.75) is 0 Å². The molecule has 0 saturated carbocycles. The van der Waals surface area contributed by atoms with Crippen molar-refractivity contribution >= 4 is 54.1 Å². The van der Waals surface area contributed by atoms with E-state index in [1.54, 1.807) is 0 Å². The lowest BCUT2D eigenvalue weighted by atomic mass is 9.94. The molecule has 0 saturated heterocycles. The molecule has 1 heterocycles. The number of nitrogens with one attached hydrogen (secondary N) is 1. The van der Waals surface area contributed by atoms with Gasteiger partial charge < -0.3 is 4.98 Å². The summed E-state index contributed by atoms with van der Waals surface area (Å²) >= 11 is 0. The van der Waals surface area contributed by atoms with Crippen LogP contribution in [0.4, 0.5) is 0 Å². The number of fused-ring (bicyclic) bond motifs is 9. The molecule has 6 aromatic rings. The Morgan fingerprint density at radius 1 is 0.400 bits per heavy atom. The van der Waals surface area contributed by atoms with Crippen LogP contribution in [0.5, 0.6) is 0 Å². The molecule has 1 heteroatoms. The minimum absolute atomic E-state index is 1.20.